The molecule has 0 heterocycles. The van der Waals surface area contributed by atoms with Gasteiger partial charge in [-0.2, -0.15) is 0 Å². The van der Waals surface area contributed by atoms with Crippen LogP contribution < -0.4 is 4.72 Å². The zero-order chi connectivity index (χ0) is 11.5. The average Bonchev–Trinajstić information content (AvgIpc) is 2.19. The number of phenols is 1. The second-order valence-corrected chi connectivity index (χ2v) is 4.80. The number of phenolic OH excluding ortho intramolecular Hbond substituents is 1. The molecule has 1 aromatic carbocycles. The Hall–Kier alpha value is -1.33. The van der Waals surface area contributed by atoms with Gasteiger partial charge in [0, 0.05) is 6.54 Å². The van der Waals surface area contributed by atoms with Crippen molar-refractivity contribution < 1.29 is 13.5 Å². The lowest BCUT2D eigenvalue weighted by molar-refractivity contribution is 0.454. The Balaban J connectivity index is 3.16. The van der Waals surface area contributed by atoms with Gasteiger partial charge in [0.05, 0.1) is 0 Å². The van der Waals surface area contributed by atoms with E-state index in [0.29, 0.717) is 5.56 Å². The highest BCUT2D eigenvalue weighted by molar-refractivity contribution is 7.89. The minimum absolute atomic E-state index is 0.107. The van der Waals surface area contributed by atoms with E-state index in [2.05, 4.69) is 11.3 Å². The van der Waals surface area contributed by atoms with Crippen LogP contribution in [0.2, 0.25) is 0 Å². The smallest absolute Gasteiger partial charge is 0.244 e. The van der Waals surface area contributed by atoms with Gasteiger partial charge in [-0.1, -0.05) is 18.2 Å². The Bertz CT molecular complexity index is 466. The van der Waals surface area contributed by atoms with Crippen LogP contribution in [0.4, 0.5) is 0 Å². The van der Waals surface area contributed by atoms with Crippen molar-refractivity contribution in [1.82, 2.24) is 4.72 Å². The molecule has 0 fully saturated rings. The number of aromatic hydroxyl groups is 1. The molecule has 0 saturated carbocycles. The van der Waals surface area contributed by atoms with E-state index in [9.17, 15) is 13.5 Å². The number of hydrogen-bond acceptors (Lipinski definition) is 3. The molecule has 0 amide bonds. The third kappa shape index (κ3) is 2.57. The molecule has 82 valence electrons. The van der Waals surface area contributed by atoms with Crippen LogP contribution in [0.25, 0.3) is 0 Å². The maximum absolute atomic E-state index is 11.6. The lowest BCUT2D eigenvalue weighted by Crippen LogP contribution is -2.23. The van der Waals surface area contributed by atoms with Crippen molar-refractivity contribution >= 4 is 10.0 Å². The predicted molar refractivity (Wildman–Crippen MR) is 58.2 cm³/mol. The third-order valence-electron chi connectivity index (χ3n) is 1.91. The SMILES string of the molecule is C=CCNS(=O)(=O)c1cccc(C)c1O. The van der Waals surface area contributed by atoms with Crippen LogP contribution in [0, 0.1) is 6.92 Å². The molecule has 0 bridgehead atoms. The molecular formula is C10H13NO3S. The van der Waals surface area contributed by atoms with Crippen molar-refractivity contribution in [3.63, 3.8) is 0 Å². The molecule has 0 aliphatic heterocycles. The maximum atomic E-state index is 11.6. The van der Waals surface area contributed by atoms with Crippen LogP contribution in [0.3, 0.4) is 0 Å². The molecule has 0 aromatic heterocycles. The Morgan fingerprint density at radius 1 is 1.53 bits per heavy atom. The Labute approximate surface area is 89.3 Å². The van der Waals surface area contributed by atoms with Crippen LogP contribution in [0.5, 0.6) is 5.75 Å². The van der Waals surface area contributed by atoms with Crippen molar-refractivity contribution in [3.8, 4) is 5.75 Å². The minimum Gasteiger partial charge on any atom is -0.506 e. The standard InChI is InChI=1S/C10H13NO3S/c1-3-7-11-15(13,14)9-6-4-5-8(2)10(9)12/h3-6,11-12H,1,7H2,2H3. The summed E-state index contributed by atoms with van der Waals surface area (Å²) in [5.41, 5.74) is 0.525. The first-order valence-electron chi connectivity index (χ1n) is 4.38. The molecule has 1 aromatic rings. The van der Waals surface area contributed by atoms with Crippen LogP contribution in [-0.4, -0.2) is 20.1 Å². The summed E-state index contributed by atoms with van der Waals surface area (Å²) in [5.74, 6) is -0.214. The second-order valence-electron chi connectivity index (χ2n) is 3.06. The topological polar surface area (TPSA) is 66.4 Å². The predicted octanol–water partition coefficient (Wildman–Crippen LogP) is 1.16. The summed E-state index contributed by atoms with van der Waals surface area (Å²) in [6.07, 6.45) is 1.43. The molecule has 0 radical (unpaired) electrons. The van der Waals surface area contributed by atoms with Gasteiger partial charge in [0.1, 0.15) is 10.6 Å². The number of rotatable bonds is 4. The highest BCUT2D eigenvalue weighted by Gasteiger charge is 2.18. The van der Waals surface area contributed by atoms with Gasteiger partial charge in [-0.05, 0) is 18.6 Å². The molecule has 0 aliphatic rings. The van der Waals surface area contributed by atoms with Gasteiger partial charge in [-0.3, -0.25) is 0 Å². The van der Waals surface area contributed by atoms with Crippen LogP contribution in [0.15, 0.2) is 35.7 Å². The van der Waals surface area contributed by atoms with E-state index < -0.39 is 10.0 Å². The molecule has 0 unspecified atom stereocenters. The Kier molecular flexibility index (Phi) is 3.49. The highest BCUT2D eigenvalue weighted by atomic mass is 32.2. The zero-order valence-corrected chi connectivity index (χ0v) is 9.21. The molecule has 1 rings (SSSR count). The molecule has 5 heteroatoms. The van der Waals surface area contributed by atoms with Crippen LogP contribution in [-0.2, 0) is 10.0 Å². The first kappa shape index (κ1) is 11.7. The van der Waals surface area contributed by atoms with Gasteiger partial charge in [-0.25, -0.2) is 13.1 Å². The summed E-state index contributed by atoms with van der Waals surface area (Å²) in [5, 5.41) is 9.59. The molecule has 0 aliphatic carbocycles. The Morgan fingerprint density at radius 3 is 2.80 bits per heavy atom. The number of hydrogen-bond donors (Lipinski definition) is 2. The molecule has 0 atom stereocenters. The van der Waals surface area contributed by atoms with Crippen molar-refractivity contribution in [1.29, 1.82) is 0 Å². The molecule has 0 saturated heterocycles. The monoisotopic (exact) mass is 227 g/mol. The van der Waals surface area contributed by atoms with E-state index in [1.54, 1.807) is 19.1 Å². The van der Waals surface area contributed by atoms with E-state index in [1.165, 1.54) is 12.1 Å². The third-order valence-corrected chi connectivity index (χ3v) is 3.36. The van der Waals surface area contributed by atoms with E-state index in [-0.39, 0.29) is 17.2 Å². The van der Waals surface area contributed by atoms with E-state index >= 15 is 0 Å². The number of aryl methyl sites for hydroxylation is 1. The quantitative estimate of drug-likeness (QED) is 0.759. The summed E-state index contributed by atoms with van der Waals surface area (Å²) >= 11 is 0. The molecular weight excluding hydrogens is 214 g/mol. The van der Waals surface area contributed by atoms with Gasteiger partial charge in [0.25, 0.3) is 0 Å². The lowest BCUT2D eigenvalue weighted by atomic mass is 10.2. The van der Waals surface area contributed by atoms with Gasteiger partial charge < -0.3 is 5.11 Å². The second kappa shape index (κ2) is 4.46. The molecule has 4 nitrogen and oxygen atoms in total. The van der Waals surface area contributed by atoms with Gasteiger partial charge >= 0.3 is 0 Å². The van der Waals surface area contributed by atoms with Crippen molar-refractivity contribution in [2.24, 2.45) is 0 Å². The van der Waals surface area contributed by atoms with Crippen molar-refractivity contribution in [2.45, 2.75) is 11.8 Å². The summed E-state index contributed by atoms with van der Waals surface area (Å²) < 4.78 is 25.6. The number of benzene rings is 1. The highest BCUT2D eigenvalue weighted by Crippen LogP contribution is 2.25. The Morgan fingerprint density at radius 2 is 2.20 bits per heavy atom. The minimum atomic E-state index is -3.65. The fraction of sp³-hybridized carbons (Fsp3) is 0.200. The van der Waals surface area contributed by atoms with Crippen molar-refractivity contribution in [2.75, 3.05) is 6.54 Å². The summed E-state index contributed by atoms with van der Waals surface area (Å²) in [6.45, 7) is 5.18. The fourth-order valence-electron chi connectivity index (χ4n) is 1.10. The molecule has 2 N–H and O–H groups in total. The molecule has 0 spiro atoms. The number of nitrogens with one attached hydrogen (secondary N) is 1. The fourth-order valence-corrected chi connectivity index (χ4v) is 2.26. The normalized spacial score (nSPS) is 11.3. The van der Waals surface area contributed by atoms with Gasteiger partial charge in [0.15, 0.2) is 0 Å². The van der Waals surface area contributed by atoms with Crippen LogP contribution >= 0.6 is 0 Å². The average molecular weight is 227 g/mol. The first-order valence-corrected chi connectivity index (χ1v) is 5.86. The number of para-hydroxylation sites is 1. The van der Waals surface area contributed by atoms with Crippen LogP contribution in [0.1, 0.15) is 5.56 Å². The van der Waals surface area contributed by atoms with Gasteiger partial charge in [0.2, 0.25) is 10.0 Å². The molecule has 15 heavy (non-hydrogen) atoms. The zero-order valence-electron chi connectivity index (χ0n) is 8.40. The lowest BCUT2D eigenvalue weighted by Gasteiger charge is -2.08. The maximum Gasteiger partial charge on any atom is 0.244 e. The summed E-state index contributed by atoms with van der Waals surface area (Å²) in [4.78, 5) is -0.107. The first-order chi connectivity index (χ1) is 6.99. The number of sulfonamides is 1. The van der Waals surface area contributed by atoms with E-state index in [1.807, 2.05) is 0 Å². The largest absolute Gasteiger partial charge is 0.506 e. The van der Waals surface area contributed by atoms with E-state index in [4.69, 9.17) is 0 Å². The van der Waals surface area contributed by atoms with Gasteiger partial charge in [-0.15, -0.1) is 6.58 Å². The van der Waals surface area contributed by atoms with Crippen molar-refractivity contribution in [3.05, 3.63) is 36.4 Å². The van der Waals surface area contributed by atoms with E-state index in [0.717, 1.165) is 0 Å². The summed E-state index contributed by atoms with van der Waals surface area (Å²) in [7, 11) is -3.65. The summed E-state index contributed by atoms with van der Waals surface area (Å²) in [6, 6.07) is 4.58.